The second-order valence-electron chi connectivity index (χ2n) is 10.8. The zero-order chi connectivity index (χ0) is 31.4. The van der Waals surface area contributed by atoms with E-state index < -0.39 is 6.36 Å². The Hall–Kier alpha value is -4.32. The van der Waals surface area contributed by atoms with Gasteiger partial charge in [-0.2, -0.15) is 4.99 Å². The van der Waals surface area contributed by atoms with Crippen LogP contribution in [0.15, 0.2) is 72.0 Å². The summed E-state index contributed by atoms with van der Waals surface area (Å²) >= 11 is 1.60. The molecule has 2 heterocycles. The van der Waals surface area contributed by atoms with Gasteiger partial charge < -0.3 is 15.0 Å². The lowest BCUT2D eigenvalue weighted by atomic mass is 10.00. The number of benzene rings is 3. The summed E-state index contributed by atoms with van der Waals surface area (Å²) < 4.78 is 42.7. The highest BCUT2D eigenvalue weighted by atomic mass is 32.2. The van der Waals surface area contributed by atoms with Gasteiger partial charge in [-0.25, -0.2) is 14.5 Å². The van der Waals surface area contributed by atoms with Crippen molar-refractivity contribution in [3.05, 3.63) is 89.2 Å². The maximum absolute atomic E-state index is 12.9. The molecule has 0 saturated carbocycles. The Morgan fingerprint density at radius 3 is 2.41 bits per heavy atom. The molecule has 1 aromatic heterocycles. The normalized spacial score (nSPS) is 15.3. The van der Waals surface area contributed by atoms with Crippen LogP contribution in [0.25, 0.3) is 17.1 Å². The van der Waals surface area contributed by atoms with Crippen molar-refractivity contribution in [2.45, 2.75) is 46.4 Å². The number of hydrogen-bond acceptors (Lipinski definition) is 5. The van der Waals surface area contributed by atoms with Crippen LogP contribution >= 0.6 is 11.8 Å². The number of urea groups is 1. The van der Waals surface area contributed by atoms with Crippen LogP contribution < -0.4 is 15.0 Å². The van der Waals surface area contributed by atoms with E-state index in [4.69, 9.17) is 0 Å². The Morgan fingerprint density at radius 1 is 1.07 bits per heavy atom. The van der Waals surface area contributed by atoms with E-state index >= 15 is 0 Å². The lowest BCUT2D eigenvalue weighted by Gasteiger charge is -2.32. The molecule has 1 atom stereocenters. The van der Waals surface area contributed by atoms with Gasteiger partial charge >= 0.3 is 12.4 Å². The van der Waals surface area contributed by atoms with E-state index in [9.17, 15) is 18.0 Å². The molecule has 12 heteroatoms. The smallest absolute Gasteiger partial charge is 0.406 e. The van der Waals surface area contributed by atoms with Crippen LogP contribution in [-0.4, -0.2) is 51.2 Å². The van der Waals surface area contributed by atoms with Crippen LogP contribution in [0.4, 0.5) is 23.7 Å². The molecule has 1 saturated heterocycles. The molecule has 1 N–H and O–H groups in total. The second kappa shape index (κ2) is 13.1. The fourth-order valence-corrected chi connectivity index (χ4v) is 6.17. The van der Waals surface area contributed by atoms with Crippen molar-refractivity contribution in [2.24, 2.45) is 4.99 Å². The van der Waals surface area contributed by atoms with Crippen molar-refractivity contribution in [3.63, 3.8) is 0 Å². The molecule has 0 aliphatic carbocycles. The second-order valence-corrected chi connectivity index (χ2v) is 11.8. The lowest BCUT2D eigenvalue weighted by molar-refractivity contribution is -0.274. The fraction of sp³-hybridized carbons (Fsp3) is 0.312. The van der Waals surface area contributed by atoms with Crippen molar-refractivity contribution < 1.29 is 22.7 Å². The number of alkyl halides is 3. The molecule has 1 aliphatic rings. The molecule has 0 bridgehead atoms. The number of aryl methyl sites for hydroxylation is 3. The summed E-state index contributed by atoms with van der Waals surface area (Å²) in [7, 11) is 0. The van der Waals surface area contributed by atoms with E-state index in [1.54, 1.807) is 11.8 Å². The third kappa shape index (κ3) is 7.60. The summed E-state index contributed by atoms with van der Waals surface area (Å²) in [6.07, 6.45) is -2.23. The molecule has 3 aromatic carbocycles. The number of anilines is 1. The average Bonchev–Trinajstić information content (AvgIpc) is 3.46. The summed E-state index contributed by atoms with van der Waals surface area (Å²) in [5, 5.41) is 8.13. The summed E-state index contributed by atoms with van der Waals surface area (Å²) in [6, 6.07) is 17.1. The number of aromatic nitrogens is 3. The van der Waals surface area contributed by atoms with E-state index in [2.05, 4.69) is 62.9 Å². The van der Waals surface area contributed by atoms with Gasteiger partial charge in [-0.1, -0.05) is 60.6 Å². The number of aliphatic imine (C=N–C) groups is 1. The van der Waals surface area contributed by atoms with Gasteiger partial charge in [-0.3, -0.25) is 0 Å². The van der Waals surface area contributed by atoms with Gasteiger partial charge in [0, 0.05) is 30.1 Å². The Morgan fingerprint density at radius 2 is 1.75 bits per heavy atom. The topological polar surface area (TPSA) is 84.6 Å². The minimum Gasteiger partial charge on any atom is -0.406 e. The van der Waals surface area contributed by atoms with Gasteiger partial charge in [0.05, 0.1) is 5.69 Å². The third-order valence-electron chi connectivity index (χ3n) is 7.21. The van der Waals surface area contributed by atoms with Crippen LogP contribution in [0.2, 0.25) is 0 Å². The number of hydrogen-bond donors (Lipinski definition) is 1. The monoisotopic (exact) mass is 622 g/mol. The number of rotatable bonds is 7. The standard InChI is InChI=1S/C32H33F3N6O2S/c1-20-16-21(2)28(22(3)17-20)40-14-5-15-44-31(40)38-30(42)36-18-23(4)24-6-8-25(9-7-24)29-37-19-41(39-29)26-10-12-27(13-11-26)43-32(33,34)35/h6-13,16-17,19,23H,5,14-15,18H2,1-4H3,(H,36,42). The molecule has 0 radical (unpaired) electrons. The van der Waals surface area contributed by atoms with E-state index in [1.807, 2.05) is 31.2 Å². The van der Waals surface area contributed by atoms with Crippen LogP contribution in [0, 0.1) is 20.8 Å². The highest BCUT2D eigenvalue weighted by Gasteiger charge is 2.31. The Balaban J connectivity index is 1.19. The first-order valence-corrected chi connectivity index (χ1v) is 15.2. The van der Waals surface area contributed by atoms with Gasteiger partial charge in [0.2, 0.25) is 0 Å². The predicted octanol–water partition coefficient (Wildman–Crippen LogP) is 7.57. The molecule has 4 aromatic rings. The molecule has 5 rings (SSSR count). The highest BCUT2D eigenvalue weighted by molar-refractivity contribution is 8.14. The molecule has 8 nitrogen and oxygen atoms in total. The number of nitrogens with zero attached hydrogens (tertiary/aromatic N) is 5. The predicted molar refractivity (Wildman–Crippen MR) is 168 cm³/mol. The van der Waals surface area contributed by atoms with Crippen LogP contribution in [0.3, 0.4) is 0 Å². The third-order valence-corrected chi connectivity index (χ3v) is 8.28. The van der Waals surface area contributed by atoms with Crippen LogP contribution in [0.5, 0.6) is 5.75 Å². The van der Waals surface area contributed by atoms with E-state index in [0.29, 0.717) is 18.1 Å². The first-order valence-electron chi connectivity index (χ1n) is 14.2. The maximum atomic E-state index is 12.9. The Bertz CT molecular complexity index is 1630. The van der Waals surface area contributed by atoms with Gasteiger partial charge in [-0.05, 0) is 74.1 Å². The Kier molecular flexibility index (Phi) is 9.28. The number of halogens is 3. The minimum absolute atomic E-state index is 0.0350. The van der Waals surface area contributed by atoms with Crippen molar-refractivity contribution >= 4 is 28.6 Å². The maximum Gasteiger partial charge on any atom is 0.573 e. The number of amidine groups is 1. The Labute approximate surface area is 258 Å². The highest BCUT2D eigenvalue weighted by Crippen LogP contribution is 2.32. The molecule has 1 unspecified atom stereocenters. The summed E-state index contributed by atoms with van der Waals surface area (Å²) in [4.78, 5) is 23.8. The summed E-state index contributed by atoms with van der Waals surface area (Å²) in [6.45, 7) is 9.55. The molecule has 2 amide bonds. The van der Waals surface area contributed by atoms with Crippen molar-refractivity contribution in [1.29, 1.82) is 0 Å². The average molecular weight is 623 g/mol. The molecular formula is C32H33F3N6O2S. The zero-order valence-corrected chi connectivity index (χ0v) is 25.7. The number of ether oxygens (including phenoxy) is 1. The number of thioether (sulfide) groups is 1. The fourth-order valence-electron chi connectivity index (χ4n) is 5.22. The number of nitrogens with one attached hydrogen (secondary N) is 1. The first-order chi connectivity index (χ1) is 21.0. The summed E-state index contributed by atoms with van der Waals surface area (Å²) in [5.74, 6) is 1.12. The zero-order valence-electron chi connectivity index (χ0n) is 24.9. The number of carbonyl (C=O) groups is 1. The number of carbonyl (C=O) groups excluding carboxylic acids is 1. The first kappa shape index (κ1) is 31.1. The van der Waals surface area contributed by atoms with Gasteiger partial charge in [0.15, 0.2) is 11.0 Å². The molecule has 1 fully saturated rings. The van der Waals surface area contributed by atoms with Crippen molar-refractivity contribution in [1.82, 2.24) is 20.1 Å². The van der Waals surface area contributed by atoms with Gasteiger partial charge in [0.25, 0.3) is 0 Å². The number of amides is 2. The minimum atomic E-state index is -4.75. The molecule has 1 aliphatic heterocycles. The van der Waals surface area contributed by atoms with Crippen LogP contribution in [0.1, 0.15) is 41.5 Å². The van der Waals surface area contributed by atoms with Gasteiger partial charge in [-0.15, -0.1) is 18.3 Å². The molecule has 230 valence electrons. The summed E-state index contributed by atoms with van der Waals surface area (Å²) in [5.41, 5.74) is 7.03. The van der Waals surface area contributed by atoms with E-state index in [-0.39, 0.29) is 17.7 Å². The van der Waals surface area contributed by atoms with Crippen LogP contribution in [-0.2, 0) is 0 Å². The lowest BCUT2D eigenvalue weighted by Crippen LogP contribution is -2.37. The molecule has 0 spiro atoms. The van der Waals surface area contributed by atoms with E-state index in [0.717, 1.165) is 40.7 Å². The quantitative estimate of drug-likeness (QED) is 0.229. The SMILES string of the molecule is Cc1cc(C)c(N2CCCSC2=NC(=O)NCC(C)c2ccc(-c3ncn(-c4ccc(OC(F)(F)F)cc4)n3)cc2)c(C)c1. The molecular weight excluding hydrogens is 589 g/mol. The largest absolute Gasteiger partial charge is 0.573 e. The van der Waals surface area contributed by atoms with Crippen molar-refractivity contribution in [3.8, 4) is 22.8 Å². The van der Waals surface area contributed by atoms with Crippen molar-refractivity contribution in [2.75, 3.05) is 23.7 Å². The van der Waals surface area contributed by atoms with E-state index in [1.165, 1.54) is 52.0 Å². The van der Waals surface area contributed by atoms with Gasteiger partial charge in [0.1, 0.15) is 12.1 Å². The molecule has 44 heavy (non-hydrogen) atoms.